The molecule has 1 N–H and O–H groups in total. The van der Waals surface area contributed by atoms with Crippen LogP contribution >= 0.6 is 11.3 Å². The van der Waals surface area contributed by atoms with Gasteiger partial charge in [-0.05, 0) is 38.1 Å². The van der Waals surface area contributed by atoms with Crippen LogP contribution in [0.15, 0.2) is 10.2 Å². The minimum atomic E-state index is -4.59. The fraction of sp³-hybridized carbons (Fsp3) is 0.667. The first-order valence-electron chi connectivity index (χ1n) is 9.41. The van der Waals surface area contributed by atoms with Crippen LogP contribution in [0.3, 0.4) is 0 Å². The van der Waals surface area contributed by atoms with Crippen LogP contribution in [0.2, 0.25) is 0 Å². The quantitative estimate of drug-likeness (QED) is 0.629. The molecule has 0 aromatic carbocycles. The number of hydrogen-bond acceptors (Lipinski definition) is 8. The van der Waals surface area contributed by atoms with Crippen LogP contribution in [0.5, 0.6) is 0 Å². The Labute approximate surface area is 176 Å². The largest absolute Gasteiger partial charge is 0.434 e. The van der Waals surface area contributed by atoms with Crippen molar-refractivity contribution >= 4 is 11.3 Å². The van der Waals surface area contributed by atoms with Gasteiger partial charge >= 0.3 is 6.18 Å². The topological polar surface area (TPSA) is 93.2 Å². The maximum atomic E-state index is 13.7. The summed E-state index contributed by atoms with van der Waals surface area (Å²) in [6.07, 6.45) is 2.39. The van der Waals surface area contributed by atoms with Gasteiger partial charge in [0.15, 0.2) is 17.2 Å². The molecule has 1 aliphatic heterocycles. The molecule has 30 heavy (non-hydrogen) atoms. The van der Waals surface area contributed by atoms with Gasteiger partial charge in [0.05, 0.1) is 15.4 Å². The van der Waals surface area contributed by atoms with Crippen molar-refractivity contribution in [3.63, 3.8) is 0 Å². The Hall–Kier alpha value is -2.39. The van der Waals surface area contributed by atoms with Crippen molar-refractivity contribution in [2.75, 3.05) is 6.54 Å². The normalized spacial score (nSPS) is 16.5. The van der Waals surface area contributed by atoms with E-state index in [1.54, 1.807) is 6.92 Å². The van der Waals surface area contributed by atoms with Crippen molar-refractivity contribution in [2.45, 2.75) is 70.4 Å². The molecule has 0 saturated heterocycles. The van der Waals surface area contributed by atoms with Crippen LogP contribution in [-0.2, 0) is 11.7 Å². The number of alkyl halides is 3. The minimum absolute atomic E-state index is 0.0302. The van der Waals surface area contributed by atoms with Crippen molar-refractivity contribution in [3.05, 3.63) is 21.4 Å². The first-order chi connectivity index (χ1) is 14.0. The van der Waals surface area contributed by atoms with E-state index in [2.05, 4.69) is 42.0 Å². The molecule has 3 rings (SSSR count). The number of nitrogens with zero attached hydrogens (tertiary/aromatic N) is 7. The predicted molar refractivity (Wildman–Crippen MR) is 105 cm³/mol. The van der Waals surface area contributed by atoms with Gasteiger partial charge in [0.1, 0.15) is 6.04 Å². The third-order valence-corrected chi connectivity index (χ3v) is 5.64. The van der Waals surface area contributed by atoms with Crippen molar-refractivity contribution in [1.29, 1.82) is 0 Å². The summed E-state index contributed by atoms with van der Waals surface area (Å²) in [5.74, 6) is 2.85. The molecular formula is C18H23F3N8S. The molecule has 3 heterocycles. The molecule has 2 aromatic rings. The molecule has 162 valence electrons. The number of aromatic nitrogens is 5. The lowest BCUT2D eigenvalue weighted by Gasteiger charge is -2.25. The van der Waals surface area contributed by atoms with E-state index >= 15 is 0 Å². The zero-order chi connectivity index (χ0) is 22.2. The first-order valence-corrected chi connectivity index (χ1v) is 10.2. The smallest absolute Gasteiger partial charge is 0.303 e. The molecule has 1 atom stereocenters. The number of rotatable bonds is 8. The molecule has 12 heteroatoms. The second kappa shape index (κ2) is 8.03. The Morgan fingerprint density at radius 1 is 1.23 bits per heavy atom. The summed E-state index contributed by atoms with van der Waals surface area (Å²) in [6.45, 7) is 7.54. The van der Waals surface area contributed by atoms with Crippen molar-refractivity contribution < 1.29 is 13.2 Å². The lowest BCUT2D eigenvalue weighted by Crippen LogP contribution is -2.34. The van der Waals surface area contributed by atoms with Crippen molar-refractivity contribution in [1.82, 2.24) is 30.5 Å². The monoisotopic (exact) mass is 440 g/mol. The Bertz CT molecular complexity index is 957. The number of halogens is 3. The SMILES string of the molecule is C#CCCC1(CCNC(c2sc(C)nc2C(F)(F)F)c2nnnn2C(C)(C)C)N=N1. The van der Waals surface area contributed by atoms with Crippen LogP contribution in [-0.4, -0.2) is 37.4 Å². The molecule has 1 unspecified atom stereocenters. The highest BCUT2D eigenvalue weighted by Crippen LogP contribution is 2.40. The Morgan fingerprint density at radius 3 is 2.50 bits per heavy atom. The van der Waals surface area contributed by atoms with E-state index in [0.29, 0.717) is 36.6 Å². The number of thiazole rings is 1. The van der Waals surface area contributed by atoms with E-state index in [9.17, 15) is 13.2 Å². The number of aryl methyl sites for hydroxylation is 1. The zero-order valence-corrected chi connectivity index (χ0v) is 18.0. The van der Waals surface area contributed by atoms with E-state index in [0.717, 1.165) is 11.3 Å². The molecule has 0 fully saturated rings. The van der Waals surface area contributed by atoms with Crippen molar-refractivity contribution in [2.24, 2.45) is 10.2 Å². The Balaban J connectivity index is 1.92. The summed E-state index contributed by atoms with van der Waals surface area (Å²) in [7, 11) is 0. The summed E-state index contributed by atoms with van der Waals surface area (Å²) in [6, 6.07) is -0.884. The van der Waals surface area contributed by atoms with Gasteiger partial charge in [-0.15, -0.1) is 28.8 Å². The van der Waals surface area contributed by atoms with Gasteiger partial charge in [0, 0.05) is 25.8 Å². The van der Waals surface area contributed by atoms with E-state index in [-0.39, 0.29) is 4.88 Å². The average molecular weight is 440 g/mol. The van der Waals surface area contributed by atoms with E-state index in [1.165, 1.54) is 4.68 Å². The minimum Gasteiger partial charge on any atom is -0.303 e. The van der Waals surface area contributed by atoms with E-state index < -0.39 is 29.1 Å². The molecule has 0 bridgehead atoms. The fourth-order valence-electron chi connectivity index (χ4n) is 3.08. The van der Waals surface area contributed by atoms with Gasteiger partial charge in [-0.3, -0.25) is 0 Å². The van der Waals surface area contributed by atoms with Gasteiger partial charge in [0.25, 0.3) is 0 Å². The highest BCUT2D eigenvalue weighted by Gasteiger charge is 2.42. The van der Waals surface area contributed by atoms with Crippen LogP contribution < -0.4 is 5.32 Å². The summed E-state index contributed by atoms with van der Waals surface area (Å²) in [5, 5.41) is 23.4. The second-order valence-corrected chi connectivity index (χ2v) is 9.32. The molecular weight excluding hydrogens is 417 g/mol. The summed E-state index contributed by atoms with van der Waals surface area (Å²) >= 11 is 0.978. The summed E-state index contributed by atoms with van der Waals surface area (Å²) < 4.78 is 42.5. The van der Waals surface area contributed by atoms with Crippen LogP contribution in [0, 0.1) is 19.3 Å². The molecule has 2 aromatic heterocycles. The third kappa shape index (κ3) is 4.84. The van der Waals surface area contributed by atoms with Crippen LogP contribution in [0.1, 0.15) is 67.5 Å². The second-order valence-electron chi connectivity index (χ2n) is 8.09. The van der Waals surface area contributed by atoms with Crippen molar-refractivity contribution in [3.8, 4) is 12.3 Å². The number of nitrogens with one attached hydrogen (secondary N) is 1. The number of hydrogen-bond donors (Lipinski definition) is 1. The van der Waals surface area contributed by atoms with E-state index in [4.69, 9.17) is 6.42 Å². The summed E-state index contributed by atoms with van der Waals surface area (Å²) in [5.41, 5.74) is -1.99. The fourth-order valence-corrected chi connectivity index (χ4v) is 4.10. The van der Waals surface area contributed by atoms with Gasteiger partial charge < -0.3 is 5.32 Å². The molecule has 8 nitrogen and oxygen atoms in total. The van der Waals surface area contributed by atoms with Gasteiger partial charge in [-0.25, -0.2) is 9.67 Å². The molecule has 0 spiro atoms. The Morgan fingerprint density at radius 2 is 1.93 bits per heavy atom. The van der Waals surface area contributed by atoms with E-state index in [1.807, 2.05) is 20.8 Å². The van der Waals surface area contributed by atoms with Crippen LogP contribution in [0.4, 0.5) is 13.2 Å². The maximum Gasteiger partial charge on any atom is 0.434 e. The lowest BCUT2D eigenvalue weighted by molar-refractivity contribution is -0.141. The highest BCUT2D eigenvalue weighted by atomic mass is 32.1. The third-order valence-electron chi connectivity index (χ3n) is 4.60. The molecule has 0 saturated carbocycles. The van der Waals surface area contributed by atoms with Crippen LogP contribution in [0.25, 0.3) is 0 Å². The number of tetrazole rings is 1. The molecule has 0 radical (unpaired) electrons. The maximum absolute atomic E-state index is 13.7. The molecule has 0 aliphatic carbocycles. The standard InChI is InChI=1S/C18H23F3N8S/c1-6-7-8-17(25-26-17)9-10-22-12(15-24-27-28-29(15)16(3,4)5)13-14(18(19,20)21)23-11(2)30-13/h1,12,22H,7-10H2,2-5H3. The number of terminal acetylenes is 1. The first kappa shape index (κ1) is 22.3. The van der Waals surface area contributed by atoms with Gasteiger partial charge in [0.2, 0.25) is 0 Å². The van der Waals surface area contributed by atoms with Gasteiger partial charge in [-0.1, -0.05) is 0 Å². The molecule has 1 aliphatic rings. The van der Waals surface area contributed by atoms with Gasteiger partial charge in [-0.2, -0.15) is 23.4 Å². The highest BCUT2D eigenvalue weighted by molar-refractivity contribution is 7.11. The lowest BCUT2D eigenvalue weighted by atomic mass is 10.0. The predicted octanol–water partition coefficient (Wildman–Crippen LogP) is 3.86. The zero-order valence-electron chi connectivity index (χ0n) is 17.2. The Kier molecular flexibility index (Phi) is 5.97. The average Bonchev–Trinajstić information content (AvgIpc) is 3.03. The molecule has 0 amide bonds. The summed E-state index contributed by atoms with van der Waals surface area (Å²) in [4.78, 5) is 3.76.